The molecular weight excluding hydrogens is 196 g/mol. The van der Waals surface area contributed by atoms with Crippen LogP contribution in [0.25, 0.3) is 0 Å². The number of hydrogen-bond acceptors (Lipinski definition) is 2. The number of hydrogen-bond donors (Lipinski definition) is 0. The number of fused-ring (bicyclic) bond motifs is 1. The van der Waals surface area contributed by atoms with Crippen LogP contribution in [0, 0.1) is 0 Å². The van der Waals surface area contributed by atoms with Crippen molar-refractivity contribution in [2.75, 3.05) is 37.0 Å². The number of anilines is 2. The first-order valence-electron chi connectivity index (χ1n) is 5.96. The van der Waals surface area contributed by atoms with E-state index in [0.717, 1.165) is 13.1 Å². The van der Waals surface area contributed by atoms with Gasteiger partial charge < -0.3 is 9.80 Å². The van der Waals surface area contributed by atoms with Gasteiger partial charge in [-0.15, -0.1) is 0 Å². The maximum atomic E-state index is 2.35. The average molecular weight is 218 g/mol. The van der Waals surface area contributed by atoms with Crippen LogP contribution >= 0.6 is 0 Å². The van der Waals surface area contributed by atoms with Crippen LogP contribution in [-0.4, -0.2) is 27.2 Å². The van der Waals surface area contributed by atoms with Crippen LogP contribution in [0.4, 0.5) is 11.4 Å². The quantitative estimate of drug-likeness (QED) is 0.660. The van der Waals surface area contributed by atoms with Gasteiger partial charge >= 0.3 is 0 Å². The molecule has 0 fully saturated rings. The normalized spacial score (nSPS) is 16.3. The van der Waals surface area contributed by atoms with Gasteiger partial charge in [-0.2, -0.15) is 0 Å². The molecule has 0 aliphatic carbocycles. The lowest BCUT2D eigenvalue weighted by atomic mass is 9.86. The van der Waals surface area contributed by atoms with E-state index in [9.17, 15) is 0 Å². The second-order valence-electron chi connectivity index (χ2n) is 5.80. The third-order valence-corrected chi connectivity index (χ3v) is 3.43. The molecule has 2 nitrogen and oxygen atoms in total. The van der Waals surface area contributed by atoms with Crippen molar-refractivity contribution in [3.05, 3.63) is 23.8 Å². The van der Waals surface area contributed by atoms with Gasteiger partial charge in [0.1, 0.15) is 0 Å². The molecule has 2 rings (SSSR count). The molecule has 0 N–H and O–H groups in total. The van der Waals surface area contributed by atoms with Crippen molar-refractivity contribution in [2.24, 2.45) is 0 Å². The minimum absolute atomic E-state index is 0.228. The summed E-state index contributed by atoms with van der Waals surface area (Å²) in [6.07, 6.45) is 0. The van der Waals surface area contributed by atoms with Gasteiger partial charge in [0.15, 0.2) is 0 Å². The highest BCUT2D eigenvalue weighted by Crippen LogP contribution is 2.35. The minimum atomic E-state index is 0.228. The Morgan fingerprint density at radius 2 is 1.50 bits per heavy atom. The van der Waals surface area contributed by atoms with Crippen molar-refractivity contribution in [3.8, 4) is 0 Å². The first-order valence-corrected chi connectivity index (χ1v) is 5.96. The molecule has 0 saturated carbocycles. The number of rotatable bonds is 0. The van der Waals surface area contributed by atoms with Gasteiger partial charge in [0.05, 0.1) is 11.4 Å². The summed E-state index contributed by atoms with van der Waals surface area (Å²) in [4.78, 5) is 4.69. The summed E-state index contributed by atoms with van der Waals surface area (Å²) in [5.74, 6) is 0. The molecule has 0 unspecified atom stereocenters. The first kappa shape index (κ1) is 11.3. The summed E-state index contributed by atoms with van der Waals surface area (Å²) >= 11 is 0. The molecule has 16 heavy (non-hydrogen) atoms. The molecule has 0 spiro atoms. The highest BCUT2D eigenvalue weighted by atomic mass is 15.2. The second kappa shape index (κ2) is 3.69. The van der Waals surface area contributed by atoms with Crippen LogP contribution in [0.5, 0.6) is 0 Å². The van der Waals surface area contributed by atoms with Crippen molar-refractivity contribution < 1.29 is 0 Å². The third-order valence-electron chi connectivity index (χ3n) is 3.43. The minimum Gasteiger partial charge on any atom is -0.371 e. The Morgan fingerprint density at radius 3 is 2.06 bits per heavy atom. The smallest absolute Gasteiger partial charge is 0.0605 e. The lowest BCUT2D eigenvalue weighted by molar-refractivity contribution is 0.589. The molecule has 1 aliphatic rings. The summed E-state index contributed by atoms with van der Waals surface area (Å²) in [7, 11) is 4.35. The van der Waals surface area contributed by atoms with Crippen LogP contribution < -0.4 is 9.80 Å². The van der Waals surface area contributed by atoms with Crippen molar-refractivity contribution in [3.63, 3.8) is 0 Å². The molecule has 0 atom stereocenters. The van der Waals surface area contributed by atoms with Crippen molar-refractivity contribution in [1.82, 2.24) is 0 Å². The zero-order chi connectivity index (χ0) is 11.9. The van der Waals surface area contributed by atoms with Gasteiger partial charge in [-0.05, 0) is 23.1 Å². The summed E-state index contributed by atoms with van der Waals surface area (Å²) < 4.78 is 0. The van der Waals surface area contributed by atoms with Crippen LogP contribution in [0.3, 0.4) is 0 Å². The average Bonchev–Trinajstić information content (AvgIpc) is 2.22. The van der Waals surface area contributed by atoms with Gasteiger partial charge in [0, 0.05) is 27.2 Å². The van der Waals surface area contributed by atoms with Crippen LogP contribution in [0.2, 0.25) is 0 Å². The fourth-order valence-corrected chi connectivity index (χ4v) is 2.16. The van der Waals surface area contributed by atoms with Crippen LogP contribution in [0.15, 0.2) is 18.2 Å². The number of likely N-dealkylation sites (N-methyl/N-ethyl adjacent to an activating group) is 2. The van der Waals surface area contributed by atoms with Gasteiger partial charge in [0.2, 0.25) is 0 Å². The molecule has 88 valence electrons. The maximum Gasteiger partial charge on any atom is 0.0605 e. The molecule has 0 aromatic heterocycles. The van der Waals surface area contributed by atoms with E-state index in [1.54, 1.807) is 0 Å². The highest BCUT2D eigenvalue weighted by molar-refractivity contribution is 5.74. The number of benzene rings is 1. The van der Waals surface area contributed by atoms with Gasteiger partial charge in [0.25, 0.3) is 0 Å². The second-order valence-corrected chi connectivity index (χ2v) is 5.80. The summed E-state index contributed by atoms with van der Waals surface area (Å²) in [5.41, 5.74) is 4.35. The topological polar surface area (TPSA) is 6.48 Å². The Morgan fingerprint density at radius 1 is 0.938 bits per heavy atom. The molecule has 1 aromatic carbocycles. The Balaban J connectivity index is 2.48. The fourth-order valence-electron chi connectivity index (χ4n) is 2.16. The summed E-state index contributed by atoms with van der Waals surface area (Å²) in [6.45, 7) is 9.01. The zero-order valence-corrected chi connectivity index (χ0v) is 11.0. The Hall–Kier alpha value is -1.18. The Kier molecular flexibility index (Phi) is 2.61. The van der Waals surface area contributed by atoms with E-state index in [1.807, 2.05) is 0 Å². The standard InChI is InChI=1S/C14H22N2/c1-14(2,3)11-6-7-12-13(10-11)16(5)9-8-15(12)4/h6-7,10H,8-9H2,1-5H3. The maximum absolute atomic E-state index is 2.35. The molecule has 1 aliphatic heterocycles. The van der Waals surface area contributed by atoms with Gasteiger partial charge in [-0.3, -0.25) is 0 Å². The van der Waals surface area contributed by atoms with E-state index in [0.29, 0.717) is 0 Å². The molecule has 0 radical (unpaired) electrons. The van der Waals surface area contributed by atoms with Gasteiger partial charge in [-0.25, -0.2) is 0 Å². The predicted octanol–water partition coefficient (Wildman–Crippen LogP) is 2.87. The van der Waals surface area contributed by atoms with Crippen LogP contribution in [-0.2, 0) is 5.41 Å². The summed E-state index contributed by atoms with van der Waals surface area (Å²) in [6, 6.07) is 6.85. The summed E-state index contributed by atoms with van der Waals surface area (Å²) in [5, 5.41) is 0. The molecular formula is C14H22N2. The highest BCUT2D eigenvalue weighted by Gasteiger charge is 2.21. The molecule has 1 aromatic rings. The SMILES string of the molecule is CN1CCN(C)c2cc(C(C)(C)C)ccc21. The molecule has 0 amide bonds. The van der Waals surface area contributed by atoms with E-state index >= 15 is 0 Å². The van der Waals surface area contributed by atoms with E-state index in [1.165, 1.54) is 16.9 Å². The van der Waals surface area contributed by atoms with Crippen molar-refractivity contribution in [1.29, 1.82) is 0 Å². The molecule has 0 bridgehead atoms. The Labute approximate surface area is 98.9 Å². The first-order chi connectivity index (χ1) is 7.39. The van der Waals surface area contributed by atoms with Crippen molar-refractivity contribution >= 4 is 11.4 Å². The molecule has 0 saturated heterocycles. The fraction of sp³-hybridized carbons (Fsp3) is 0.571. The Bertz CT molecular complexity index is 390. The number of nitrogens with zero attached hydrogens (tertiary/aromatic N) is 2. The predicted molar refractivity (Wildman–Crippen MR) is 71.7 cm³/mol. The molecule has 1 heterocycles. The van der Waals surface area contributed by atoms with Crippen LogP contribution in [0.1, 0.15) is 26.3 Å². The van der Waals surface area contributed by atoms with E-state index in [-0.39, 0.29) is 5.41 Å². The van der Waals surface area contributed by atoms with E-state index < -0.39 is 0 Å². The van der Waals surface area contributed by atoms with Crippen molar-refractivity contribution in [2.45, 2.75) is 26.2 Å². The van der Waals surface area contributed by atoms with Gasteiger partial charge in [-0.1, -0.05) is 26.8 Å². The lowest BCUT2D eigenvalue weighted by Gasteiger charge is -2.36. The largest absolute Gasteiger partial charge is 0.371 e. The lowest BCUT2D eigenvalue weighted by Crippen LogP contribution is -2.37. The van der Waals surface area contributed by atoms with E-state index in [4.69, 9.17) is 0 Å². The molecule has 2 heteroatoms. The monoisotopic (exact) mass is 218 g/mol. The third kappa shape index (κ3) is 1.89. The van der Waals surface area contributed by atoms with E-state index in [2.05, 4.69) is 62.9 Å². The zero-order valence-electron chi connectivity index (χ0n) is 11.0.